The average Bonchev–Trinajstić information content (AvgIpc) is 1.87. The Morgan fingerprint density at radius 1 is 1.44 bits per heavy atom. The SMILES string of the molecule is CCC(=N)CC(C)CC. The van der Waals surface area contributed by atoms with Crippen molar-refractivity contribution in [3.05, 3.63) is 0 Å². The molecule has 0 aromatic carbocycles. The van der Waals surface area contributed by atoms with Crippen LogP contribution in [0, 0.1) is 11.3 Å². The second-order valence-corrected chi connectivity index (χ2v) is 2.67. The van der Waals surface area contributed by atoms with Gasteiger partial charge in [-0.2, -0.15) is 0 Å². The predicted octanol–water partition coefficient (Wildman–Crippen LogP) is 2.85. The summed E-state index contributed by atoms with van der Waals surface area (Å²) in [5, 5.41) is 7.37. The number of hydrogen-bond donors (Lipinski definition) is 1. The lowest BCUT2D eigenvalue weighted by molar-refractivity contribution is 0.582. The highest BCUT2D eigenvalue weighted by molar-refractivity contribution is 5.81. The van der Waals surface area contributed by atoms with Gasteiger partial charge in [-0.05, 0) is 18.8 Å². The van der Waals surface area contributed by atoms with Crippen molar-refractivity contribution >= 4 is 5.71 Å². The lowest BCUT2D eigenvalue weighted by atomic mass is 10.0. The van der Waals surface area contributed by atoms with Crippen LogP contribution in [0.25, 0.3) is 0 Å². The molecule has 0 aliphatic heterocycles. The van der Waals surface area contributed by atoms with Gasteiger partial charge in [-0.25, -0.2) is 0 Å². The molecule has 0 rings (SSSR count). The molecule has 0 aromatic heterocycles. The maximum absolute atomic E-state index is 7.37. The van der Waals surface area contributed by atoms with Gasteiger partial charge in [0, 0.05) is 5.71 Å². The molecule has 0 fully saturated rings. The molecule has 1 nitrogen and oxygen atoms in total. The molecule has 0 spiro atoms. The van der Waals surface area contributed by atoms with E-state index in [0.717, 1.165) is 18.6 Å². The van der Waals surface area contributed by atoms with Crippen molar-refractivity contribution < 1.29 is 0 Å². The summed E-state index contributed by atoms with van der Waals surface area (Å²) < 4.78 is 0. The summed E-state index contributed by atoms with van der Waals surface area (Å²) >= 11 is 0. The van der Waals surface area contributed by atoms with Crippen molar-refractivity contribution in [2.24, 2.45) is 5.92 Å². The van der Waals surface area contributed by atoms with E-state index < -0.39 is 0 Å². The maximum Gasteiger partial charge on any atom is 0.00890 e. The van der Waals surface area contributed by atoms with Crippen LogP contribution in [0.3, 0.4) is 0 Å². The smallest absolute Gasteiger partial charge is 0.00890 e. The van der Waals surface area contributed by atoms with Crippen LogP contribution >= 0.6 is 0 Å². The molecule has 0 aromatic rings. The van der Waals surface area contributed by atoms with Gasteiger partial charge < -0.3 is 5.41 Å². The fourth-order valence-electron chi connectivity index (χ4n) is 0.709. The summed E-state index contributed by atoms with van der Waals surface area (Å²) in [6.07, 6.45) is 3.11. The molecule has 1 unspecified atom stereocenters. The molecule has 1 N–H and O–H groups in total. The molecule has 0 amide bonds. The highest BCUT2D eigenvalue weighted by atomic mass is 14.4. The number of rotatable bonds is 4. The third-order valence-electron chi connectivity index (χ3n) is 1.72. The van der Waals surface area contributed by atoms with Crippen molar-refractivity contribution in [3.63, 3.8) is 0 Å². The third kappa shape index (κ3) is 4.19. The summed E-state index contributed by atoms with van der Waals surface area (Å²) in [5.41, 5.74) is 0.893. The normalized spacial score (nSPS) is 13.2. The van der Waals surface area contributed by atoms with Gasteiger partial charge in [0.25, 0.3) is 0 Å². The molecule has 0 radical (unpaired) electrons. The van der Waals surface area contributed by atoms with E-state index in [9.17, 15) is 0 Å². The van der Waals surface area contributed by atoms with Crippen molar-refractivity contribution in [3.8, 4) is 0 Å². The summed E-state index contributed by atoms with van der Waals surface area (Å²) in [4.78, 5) is 0. The summed E-state index contributed by atoms with van der Waals surface area (Å²) in [6.45, 7) is 6.42. The molecule has 1 heteroatoms. The van der Waals surface area contributed by atoms with Crippen molar-refractivity contribution in [2.45, 2.75) is 40.0 Å². The monoisotopic (exact) mass is 127 g/mol. The minimum absolute atomic E-state index is 0.706. The van der Waals surface area contributed by atoms with Gasteiger partial charge in [0.1, 0.15) is 0 Å². The summed E-state index contributed by atoms with van der Waals surface area (Å²) in [6, 6.07) is 0. The molecule has 0 saturated heterocycles. The van der Waals surface area contributed by atoms with Gasteiger partial charge in [0.2, 0.25) is 0 Å². The van der Waals surface area contributed by atoms with Crippen LogP contribution in [0.4, 0.5) is 0 Å². The Morgan fingerprint density at radius 2 is 2.00 bits per heavy atom. The van der Waals surface area contributed by atoms with E-state index in [2.05, 4.69) is 13.8 Å². The first-order valence-corrected chi connectivity index (χ1v) is 3.77. The quantitative estimate of drug-likeness (QED) is 0.561. The first kappa shape index (κ1) is 8.67. The minimum Gasteiger partial charge on any atom is -0.310 e. The highest BCUT2D eigenvalue weighted by Gasteiger charge is 2.00. The zero-order valence-corrected chi connectivity index (χ0v) is 6.70. The van der Waals surface area contributed by atoms with Gasteiger partial charge in [0.05, 0.1) is 0 Å². The molecule has 0 saturated carbocycles. The Hall–Kier alpha value is -0.330. The molecule has 1 atom stereocenters. The molecule has 0 heterocycles. The van der Waals surface area contributed by atoms with Crippen LogP contribution in [-0.2, 0) is 0 Å². The van der Waals surface area contributed by atoms with Crippen molar-refractivity contribution in [1.82, 2.24) is 0 Å². The van der Waals surface area contributed by atoms with E-state index in [1.807, 2.05) is 6.92 Å². The fourth-order valence-corrected chi connectivity index (χ4v) is 0.709. The largest absolute Gasteiger partial charge is 0.310 e. The van der Waals surface area contributed by atoms with Gasteiger partial charge in [-0.15, -0.1) is 0 Å². The van der Waals surface area contributed by atoms with Gasteiger partial charge >= 0.3 is 0 Å². The van der Waals surface area contributed by atoms with E-state index in [4.69, 9.17) is 5.41 Å². The lowest BCUT2D eigenvalue weighted by Gasteiger charge is -2.06. The van der Waals surface area contributed by atoms with Crippen LogP contribution in [0.2, 0.25) is 0 Å². The van der Waals surface area contributed by atoms with E-state index in [1.165, 1.54) is 6.42 Å². The average molecular weight is 127 g/mol. The first-order chi connectivity index (χ1) is 4.20. The fraction of sp³-hybridized carbons (Fsp3) is 0.875. The molecule has 0 aliphatic rings. The Bertz CT molecular complexity index is 86.6. The number of nitrogens with one attached hydrogen (secondary N) is 1. The van der Waals surface area contributed by atoms with Gasteiger partial charge in [-0.1, -0.05) is 27.2 Å². The molecular formula is C8H17N. The summed E-state index contributed by atoms with van der Waals surface area (Å²) in [5.74, 6) is 0.706. The van der Waals surface area contributed by atoms with E-state index in [-0.39, 0.29) is 0 Å². The van der Waals surface area contributed by atoms with Crippen LogP contribution in [0.1, 0.15) is 40.0 Å². The third-order valence-corrected chi connectivity index (χ3v) is 1.72. The van der Waals surface area contributed by atoms with Crippen LogP contribution in [0.15, 0.2) is 0 Å². The zero-order chi connectivity index (χ0) is 7.28. The van der Waals surface area contributed by atoms with Crippen molar-refractivity contribution in [1.29, 1.82) is 5.41 Å². The van der Waals surface area contributed by atoms with Crippen LogP contribution < -0.4 is 0 Å². The van der Waals surface area contributed by atoms with Crippen LogP contribution in [0.5, 0.6) is 0 Å². The van der Waals surface area contributed by atoms with E-state index in [0.29, 0.717) is 5.92 Å². The van der Waals surface area contributed by atoms with Crippen LogP contribution in [-0.4, -0.2) is 5.71 Å². The van der Waals surface area contributed by atoms with Gasteiger partial charge in [0.15, 0.2) is 0 Å². The predicted molar refractivity (Wildman–Crippen MR) is 42.1 cm³/mol. The second kappa shape index (κ2) is 4.54. The number of hydrogen-bond acceptors (Lipinski definition) is 1. The Balaban J connectivity index is 3.34. The van der Waals surface area contributed by atoms with E-state index >= 15 is 0 Å². The lowest BCUT2D eigenvalue weighted by Crippen LogP contribution is -2.01. The summed E-state index contributed by atoms with van der Waals surface area (Å²) in [7, 11) is 0. The molecule has 9 heavy (non-hydrogen) atoms. The molecule has 0 bridgehead atoms. The highest BCUT2D eigenvalue weighted by Crippen LogP contribution is 2.07. The first-order valence-electron chi connectivity index (χ1n) is 3.77. The Morgan fingerprint density at radius 3 is 2.33 bits per heavy atom. The van der Waals surface area contributed by atoms with Gasteiger partial charge in [-0.3, -0.25) is 0 Å². The Labute approximate surface area is 58.0 Å². The van der Waals surface area contributed by atoms with Crippen molar-refractivity contribution in [2.75, 3.05) is 0 Å². The standard InChI is InChI=1S/C8H17N/c1-4-7(3)6-8(9)5-2/h7,9H,4-6H2,1-3H3. The molecular weight excluding hydrogens is 110 g/mol. The Kier molecular flexibility index (Phi) is 4.37. The molecule has 0 aliphatic carbocycles. The van der Waals surface area contributed by atoms with E-state index in [1.54, 1.807) is 0 Å². The second-order valence-electron chi connectivity index (χ2n) is 2.67. The minimum atomic E-state index is 0.706. The molecule has 54 valence electrons. The zero-order valence-electron chi connectivity index (χ0n) is 6.70. The topological polar surface area (TPSA) is 23.9 Å². The maximum atomic E-state index is 7.37.